The zero-order valence-electron chi connectivity index (χ0n) is 5.43. The number of rotatable bonds is 1. The SMILES string of the molecule is C=CC1=CCCC=C=C1. The standard InChI is InChI=1S/C9H10/c1-2-9-7-5-3-4-6-8-9/h2-3,7-8H,1,4,6H2. The van der Waals surface area contributed by atoms with Crippen molar-refractivity contribution in [1.82, 2.24) is 0 Å². The Balaban J connectivity index is 2.80. The monoisotopic (exact) mass is 118 g/mol. The lowest BCUT2D eigenvalue weighted by atomic mass is 10.2. The zero-order valence-corrected chi connectivity index (χ0v) is 5.43. The van der Waals surface area contributed by atoms with Crippen LogP contribution >= 0.6 is 0 Å². The molecule has 0 aliphatic heterocycles. The Kier molecular flexibility index (Phi) is 2.12. The van der Waals surface area contributed by atoms with Gasteiger partial charge >= 0.3 is 0 Å². The van der Waals surface area contributed by atoms with Gasteiger partial charge in [-0.3, -0.25) is 0 Å². The fourth-order valence-corrected chi connectivity index (χ4v) is 0.773. The first-order valence-corrected chi connectivity index (χ1v) is 3.17. The Morgan fingerprint density at radius 1 is 1.56 bits per heavy atom. The van der Waals surface area contributed by atoms with Crippen molar-refractivity contribution in [3.05, 3.63) is 42.2 Å². The minimum Gasteiger partial charge on any atom is -0.125 e. The quantitative estimate of drug-likeness (QED) is 0.464. The lowest BCUT2D eigenvalue weighted by Crippen LogP contribution is -1.66. The molecule has 1 aliphatic carbocycles. The number of allylic oxidation sites excluding steroid dienone is 4. The summed E-state index contributed by atoms with van der Waals surface area (Å²) in [5.41, 5.74) is 4.24. The van der Waals surface area contributed by atoms with Gasteiger partial charge in [0.05, 0.1) is 0 Å². The third kappa shape index (κ3) is 1.75. The van der Waals surface area contributed by atoms with E-state index >= 15 is 0 Å². The van der Waals surface area contributed by atoms with Gasteiger partial charge in [0, 0.05) is 0 Å². The molecule has 0 N–H and O–H groups in total. The average Bonchev–Trinajstić information content (AvgIpc) is 2.13. The molecule has 0 nitrogen and oxygen atoms in total. The minimum atomic E-state index is 1.10. The van der Waals surface area contributed by atoms with E-state index in [4.69, 9.17) is 0 Å². The van der Waals surface area contributed by atoms with E-state index < -0.39 is 0 Å². The van der Waals surface area contributed by atoms with Crippen LogP contribution in [0.25, 0.3) is 0 Å². The van der Waals surface area contributed by atoms with E-state index in [2.05, 4.69) is 18.4 Å². The van der Waals surface area contributed by atoms with Crippen molar-refractivity contribution in [1.29, 1.82) is 0 Å². The molecule has 9 heavy (non-hydrogen) atoms. The zero-order chi connectivity index (χ0) is 6.53. The van der Waals surface area contributed by atoms with Crippen LogP contribution in [0.1, 0.15) is 12.8 Å². The van der Waals surface area contributed by atoms with Crippen molar-refractivity contribution in [2.24, 2.45) is 0 Å². The third-order valence-corrected chi connectivity index (χ3v) is 1.29. The second-order valence-corrected chi connectivity index (χ2v) is 2.00. The Morgan fingerprint density at radius 3 is 3.22 bits per heavy atom. The largest absolute Gasteiger partial charge is 0.125 e. The molecule has 0 saturated carbocycles. The van der Waals surface area contributed by atoms with E-state index in [1.54, 1.807) is 0 Å². The number of hydrogen-bond donors (Lipinski definition) is 0. The number of hydrogen-bond acceptors (Lipinski definition) is 0. The summed E-state index contributed by atoms with van der Waals surface area (Å²) >= 11 is 0. The summed E-state index contributed by atoms with van der Waals surface area (Å²) in [6.45, 7) is 3.67. The van der Waals surface area contributed by atoms with Crippen LogP contribution in [0.15, 0.2) is 42.2 Å². The molecule has 0 spiro atoms. The molecule has 0 atom stereocenters. The summed E-state index contributed by atoms with van der Waals surface area (Å²) in [5, 5.41) is 0. The van der Waals surface area contributed by atoms with Gasteiger partial charge < -0.3 is 0 Å². The normalized spacial score (nSPS) is 16.7. The molecule has 0 aromatic carbocycles. The molecule has 1 rings (SSSR count). The molecule has 0 fully saturated rings. The first-order chi connectivity index (χ1) is 4.43. The van der Waals surface area contributed by atoms with Gasteiger partial charge in [-0.1, -0.05) is 18.7 Å². The maximum Gasteiger partial charge on any atom is -0.0134 e. The lowest BCUT2D eigenvalue weighted by Gasteiger charge is -1.85. The van der Waals surface area contributed by atoms with Crippen molar-refractivity contribution in [2.75, 3.05) is 0 Å². The van der Waals surface area contributed by atoms with Crippen LogP contribution in [0.4, 0.5) is 0 Å². The van der Waals surface area contributed by atoms with Crippen LogP contribution in [-0.2, 0) is 0 Å². The molecule has 0 saturated heterocycles. The summed E-state index contributed by atoms with van der Waals surface area (Å²) in [7, 11) is 0. The highest BCUT2D eigenvalue weighted by Crippen LogP contribution is 2.05. The van der Waals surface area contributed by atoms with Crippen LogP contribution in [0.2, 0.25) is 0 Å². The molecule has 0 amide bonds. The van der Waals surface area contributed by atoms with Crippen LogP contribution < -0.4 is 0 Å². The van der Waals surface area contributed by atoms with Crippen LogP contribution in [0.5, 0.6) is 0 Å². The third-order valence-electron chi connectivity index (χ3n) is 1.29. The van der Waals surface area contributed by atoms with Gasteiger partial charge in [0.25, 0.3) is 0 Å². The predicted molar refractivity (Wildman–Crippen MR) is 40.2 cm³/mol. The lowest BCUT2D eigenvalue weighted by molar-refractivity contribution is 1.05. The van der Waals surface area contributed by atoms with Gasteiger partial charge in [-0.2, -0.15) is 0 Å². The molecule has 0 radical (unpaired) electrons. The molecular weight excluding hydrogens is 108 g/mol. The summed E-state index contributed by atoms with van der Waals surface area (Å²) in [5.74, 6) is 0. The predicted octanol–water partition coefficient (Wildman–Crippen LogP) is 2.60. The second-order valence-electron chi connectivity index (χ2n) is 2.00. The van der Waals surface area contributed by atoms with Crippen LogP contribution in [0, 0.1) is 0 Å². The van der Waals surface area contributed by atoms with Crippen molar-refractivity contribution in [2.45, 2.75) is 12.8 Å². The molecule has 0 heterocycles. The minimum absolute atomic E-state index is 1.10. The van der Waals surface area contributed by atoms with Crippen LogP contribution in [0.3, 0.4) is 0 Å². The molecule has 1 aliphatic rings. The molecule has 0 aromatic heterocycles. The van der Waals surface area contributed by atoms with E-state index in [-0.39, 0.29) is 0 Å². The average molecular weight is 118 g/mol. The molecule has 0 bridgehead atoms. The fourth-order valence-electron chi connectivity index (χ4n) is 0.773. The highest BCUT2D eigenvalue weighted by molar-refractivity contribution is 5.29. The van der Waals surface area contributed by atoms with Gasteiger partial charge in [-0.05, 0) is 30.6 Å². The van der Waals surface area contributed by atoms with E-state index in [0.29, 0.717) is 0 Å². The smallest absolute Gasteiger partial charge is 0.0134 e. The molecule has 0 heteroatoms. The Morgan fingerprint density at radius 2 is 2.44 bits per heavy atom. The Bertz CT molecular complexity index is 188. The van der Waals surface area contributed by atoms with Gasteiger partial charge in [-0.15, -0.1) is 5.73 Å². The van der Waals surface area contributed by atoms with E-state index in [9.17, 15) is 0 Å². The van der Waals surface area contributed by atoms with Gasteiger partial charge in [0.15, 0.2) is 0 Å². The molecule has 0 unspecified atom stereocenters. The fraction of sp³-hybridized carbons (Fsp3) is 0.222. The summed E-state index contributed by atoms with van der Waals surface area (Å²) < 4.78 is 0. The van der Waals surface area contributed by atoms with Crippen molar-refractivity contribution < 1.29 is 0 Å². The highest BCUT2D eigenvalue weighted by atomic mass is 13.9. The second kappa shape index (κ2) is 3.11. The maximum atomic E-state index is 3.67. The highest BCUT2D eigenvalue weighted by Gasteiger charge is 1.85. The van der Waals surface area contributed by atoms with Crippen molar-refractivity contribution >= 4 is 0 Å². The summed E-state index contributed by atoms with van der Waals surface area (Å²) in [6, 6.07) is 0. The van der Waals surface area contributed by atoms with Crippen molar-refractivity contribution in [3.8, 4) is 0 Å². The molecule has 0 aromatic rings. The van der Waals surface area contributed by atoms with Gasteiger partial charge in [0.1, 0.15) is 0 Å². The topological polar surface area (TPSA) is 0 Å². The Hall–Kier alpha value is -1.00. The maximum absolute atomic E-state index is 3.67. The van der Waals surface area contributed by atoms with E-state index in [1.807, 2.05) is 18.2 Å². The van der Waals surface area contributed by atoms with Crippen LogP contribution in [-0.4, -0.2) is 0 Å². The van der Waals surface area contributed by atoms with E-state index in [1.165, 1.54) is 5.57 Å². The van der Waals surface area contributed by atoms with E-state index in [0.717, 1.165) is 12.8 Å². The summed E-state index contributed by atoms with van der Waals surface area (Å²) in [4.78, 5) is 0. The Labute approximate surface area is 55.9 Å². The molecule has 46 valence electrons. The first-order valence-electron chi connectivity index (χ1n) is 3.17. The van der Waals surface area contributed by atoms with Gasteiger partial charge in [-0.25, -0.2) is 0 Å². The molecular formula is C9H10. The first kappa shape index (κ1) is 6.12. The van der Waals surface area contributed by atoms with Gasteiger partial charge in [0.2, 0.25) is 0 Å². The summed E-state index contributed by atoms with van der Waals surface area (Å²) in [6.07, 6.45) is 10.3. The van der Waals surface area contributed by atoms with Crippen molar-refractivity contribution in [3.63, 3.8) is 0 Å².